The van der Waals surface area contributed by atoms with Crippen molar-refractivity contribution in [3.8, 4) is 0 Å². The Balaban J connectivity index is 1.65. The zero-order valence-corrected chi connectivity index (χ0v) is 15.0. The number of likely N-dealkylation sites (tertiary alicyclic amines) is 1. The number of benzene rings is 2. The van der Waals surface area contributed by atoms with Crippen molar-refractivity contribution in [3.05, 3.63) is 48.0 Å². The number of nitrogens with zero attached hydrogens (tertiary/aromatic N) is 1. The molecule has 3 heteroatoms. The highest BCUT2D eigenvalue weighted by atomic mass is 16.2. The van der Waals surface area contributed by atoms with E-state index in [1.165, 1.54) is 16.3 Å². The van der Waals surface area contributed by atoms with Crippen molar-refractivity contribution >= 4 is 16.7 Å². The maximum atomic E-state index is 11.9. The number of rotatable bonds is 4. The monoisotopic (exact) mass is 324 g/mol. The van der Waals surface area contributed by atoms with Crippen LogP contribution < -0.4 is 5.32 Å². The third kappa shape index (κ3) is 3.62. The minimum atomic E-state index is 0.280. The van der Waals surface area contributed by atoms with E-state index in [0.29, 0.717) is 24.4 Å². The number of hydrogen-bond acceptors (Lipinski definition) is 2. The Morgan fingerprint density at radius 1 is 1.25 bits per heavy atom. The first-order chi connectivity index (χ1) is 11.6. The summed E-state index contributed by atoms with van der Waals surface area (Å²) in [5.74, 6) is 0.764. The Labute approximate surface area is 145 Å². The van der Waals surface area contributed by atoms with Crippen LogP contribution in [0.1, 0.15) is 45.2 Å². The normalized spacial score (nSPS) is 22.5. The summed E-state index contributed by atoms with van der Waals surface area (Å²) in [5.41, 5.74) is 1.33. The second-order valence-electron chi connectivity index (χ2n) is 7.06. The third-order valence-corrected chi connectivity index (χ3v) is 5.30. The Morgan fingerprint density at radius 3 is 2.71 bits per heavy atom. The van der Waals surface area contributed by atoms with Gasteiger partial charge in [-0.2, -0.15) is 0 Å². The molecule has 0 unspecified atom stereocenters. The summed E-state index contributed by atoms with van der Waals surface area (Å²) in [4.78, 5) is 13.9. The lowest BCUT2D eigenvalue weighted by atomic mass is 9.92. The predicted octanol–water partition coefficient (Wildman–Crippen LogP) is 4.14. The molecule has 24 heavy (non-hydrogen) atoms. The van der Waals surface area contributed by atoms with Crippen molar-refractivity contribution in [3.63, 3.8) is 0 Å². The largest absolute Gasteiger partial charge is 0.342 e. The van der Waals surface area contributed by atoms with Crippen molar-refractivity contribution in [2.45, 2.75) is 45.7 Å². The van der Waals surface area contributed by atoms with E-state index >= 15 is 0 Å². The second kappa shape index (κ2) is 7.35. The standard InChI is InChI=1S/C21H28N2O/c1-4-21(24)23-12-11-20(15(2)14-23)22-16(3)18-10-9-17-7-5-6-8-19(17)13-18/h5-10,13,15-16,20,22H,4,11-12,14H2,1-3H3/t15-,16-,20+/m1/s1. The number of carbonyl (C=O) groups is 1. The molecule has 0 aromatic heterocycles. The Hall–Kier alpha value is -1.87. The predicted molar refractivity (Wildman–Crippen MR) is 99.9 cm³/mol. The maximum Gasteiger partial charge on any atom is 0.222 e. The van der Waals surface area contributed by atoms with Crippen molar-refractivity contribution in [2.24, 2.45) is 5.92 Å². The van der Waals surface area contributed by atoms with Crippen molar-refractivity contribution in [2.75, 3.05) is 13.1 Å². The molecule has 1 fully saturated rings. The zero-order chi connectivity index (χ0) is 17.1. The van der Waals surface area contributed by atoms with E-state index in [-0.39, 0.29) is 5.91 Å². The summed E-state index contributed by atoms with van der Waals surface area (Å²) in [7, 11) is 0. The molecule has 0 bridgehead atoms. The smallest absolute Gasteiger partial charge is 0.222 e. The Kier molecular flexibility index (Phi) is 5.20. The van der Waals surface area contributed by atoms with Crippen molar-refractivity contribution in [1.29, 1.82) is 0 Å². The van der Waals surface area contributed by atoms with E-state index in [4.69, 9.17) is 0 Å². The van der Waals surface area contributed by atoms with Crippen LogP contribution in [0.4, 0.5) is 0 Å². The fourth-order valence-corrected chi connectivity index (χ4v) is 3.74. The van der Waals surface area contributed by atoms with E-state index in [1.807, 2.05) is 11.8 Å². The van der Waals surface area contributed by atoms with Gasteiger partial charge in [-0.3, -0.25) is 4.79 Å². The number of carbonyl (C=O) groups excluding carboxylic acids is 1. The Bertz CT molecular complexity index is 712. The van der Waals surface area contributed by atoms with E-state index in [0.717, 1.165) is 19.5 Å². The lowest BCUT2D eigenvalue weighted by molar-refractivity contribution is -0.132. The summed E-state index contributed by atoms with van der Waals surface area (Å²) in [5, 5.41) is 6.37. The van der Waals surface area contributed by atoms with Crippen LogP contribution in [0.3, 0.4) is 0 Å². The molecule has 2 aromatic carbocycles. The maximum absolute atomic E-state index is 11.9. The SMILES string of the molecule is CCC(=O)N1CC[C@H](N[C@H](C)c2ccc3ccccc3c2)[C@H](C)C1. The summed E-state index contributed by atoms with van der Waals surface area (Å²) < 4.78 is 0. The molecular formula is C21H28N2O. The zero-order valence-electron chi connectivity index (χ0n) is 15.0. The van der Waals surface area contributed by atoms with Gasteiger partial charge in [0.1, 0.15) is 0 Å². The van der Waals surface area contributed by atoms with E-state index in [9.17, 15) is 4.79 Å². The highest BCUT2D eigenvalue weighted by Crippen LogP contribution is 2.24. The molecule has 3 nitrogen and oxygen atoms in total. The fourth-order valence-electron chi connectivity index (χ4n) is 3.74. The highest BCUT2D eigenvalue weighted by Gasteiger charge is 2.28. The molecule has 2 aromatic rings. The van der Waals surface area contributed by atoms with Gasteiger partial charge < -0.3 is 10.2 Å². The van der Waals surface area contributed by atoms with Crippen molar-refractivity contribution in [1.82, 2.24) is 10.2 Å². The molecule has 1 amide bonds. The van der Waals surface area contributed by atoms with Crippen LogP contribution >= 0.6 is 0 Å². The van der Waals surface area contributed by atoms with Crippen LogP contribution in [0.5, 0.6) is 0 Å². The van der Waals surface area contributed by atoms with Gasteiger partial charge >= 0.3 is 0 Å². The molecule has 1 aliphatic rings. The molecular weight excluding hydrogens is 296 g/mol. The molecule has 128 valence electrons. The number of nitrogens with one attached hydrogen (secondary N) is 1. The van der Waals surface area contributed by atoms with E-state index < -0.39 is 0 Å². The van der Waals surface area contributed by atoms with Gasteiger partial charge in [0.15, 0.2) is 0 Å². The average molecular weight is 324 g/mol. The van der Waals surface area contributed by atoms with Gasteiger partial charge in [-0.1, -0.05) is 50.2 Å². The van der Waals surface area contributed by atoms with Crippen LogP contribution in [0.2, 0.25) is 0 Å². The van der Waals surface area contributed by atoms with Gasteiger partial charge in [0.25, 0.3) is 0 Å². The molecule has 0 aliphatic carbocycles. The van der Waals surface area contributed by atoms with Gasteiger partial charge in [0, 0.05) is 31.6 Å². The average Bonchev–Trinajstić information content (AvgIpc) is 2.62. The van der Waals surface area contributed by atoms with Gasteiger partial charge in [-0.05, 0) is 41.7 Å². The lowest BCUT2D eigenvalue weighted by Crippen LogP contribution is -2.50. The van der Waals surface area contributed by atoms with Crippen LogP contribution in [-0.4, -0.2) is 29.9 Å². The lowest BCUT2D eigenvalue weighted by Gasteiger charge is -2.38. The number of hydrogen-bond donors (Lipinski definition) is 1. The fraction of sp³-hybridized carbons (Fsp3) is 0.476. The Morgan fingerprint density at radius 2 is 2.00 bits per heavy atom. The quantitative estimate of drug-likeness (QED) is 0.917. The first kappa shape index (κ1) is 17.0. The topological polar surface area (TPSA) is 32.3 Å². The van der Waals surface area contributed by atoms with Crippen LogP contribution in [0, 0.1) is 5.92 Å². The van der Waals surface area contributed by atoms with Crippen LogP contribution in [-0.2, 0) is 4.79 Å². The molecule has 3 atom stereocenters. The number of fused-ring (bicyclic) bond motifs is 1. The van der Waals surface area contributed by atoms with E-state index in [2.05, 4.69) is 61.6 Å². The molecule has 0 saturated carbocycles. The minimum Gasteiger partial charge on any atom is -0.342 e. The molecule has 1 N–H and O–H groups in total. The van der Waals surface area contributed by atoms with Gasteiger partial charge in [0.05, 0.1) is 0 Å². The molecule has 1 saturated heterocycles. The molecule has 1 heterocycles. The molecule has 0 radical (unpaired) electrons. The van der Waals surface area contributed by atoms with E-state index in [1.54, 1.807) is 0 Å². The summed E-state index contributed by atoms with van der Waals surface area (Å²) in [6, 6.07) is 16.0. The number of amides is 1. The van der Waals surface area contributed by atoms with Crippen LogP contribution in [0.15, 0.2) is 42.5 Å². The van der Waals surface area contributed by atoms with Crippen molar-refractivity contribution < 1.29 is 4.79 Å². The molecule has 3 rings (SSSR count). The minimum absolute atomic E-state index is 0.280. The first-order valence-corrected chi connectivity index (χ1v) is 9.11. The number of piperidine rings is 1. The van der Waals surface area contributed by atoms with Crippen LogP contribution in [0.25, 0.3) is 10.8 Å². The van der Waals surface area contributed by atoms with Gasteiger partial charge in [0.2, 0.25) is 5.91 Å². The summed E-state index contributed by atoms with van der Waals surface area (Å²) in [6.45, 7) is 8.17. The highest BCUT2D eigenvalue weighted by molar-refractivity contribution is 5.83. The van der Waals surface area contributed by atoms with Gasteiger partial charge in [-0.25, -0.2) is 0 Å². The summed E-state index contributed by atoms with van der Waals surface area (Å²) in [6.07, 6.45) is 1.64. The van der Waals surface area contributed by atoms with Gasteiger partial charge in [-0.15, -0.1) is 0 Å². The summed E-state index contributed by atoms with van der Waals surface area (Å²) >= 11 is 0. The molecule has 1 aliphatic heterocycles. The molecule has 0 spiro atoms. The first-order valence-electron chi connectivity index (χ1n) is 9.11. The third-order valence-electron chi connectivity index (χ3n) is 5.30. The second-order valence-corrected chi connectivity index (χ2v) is 7.06.